The van der Waals surface area contributed by atoms with Crippen LogP contribution >= 0.6 is 0 Å². The molecule has 0 bridgehead atoms. The van der Waals surface area contributed by atoms with Crippen LogP contribution in [0.1, 0.15) is 32.1 Å². The van der Waals surface area contributed by atoms with E-state index in [0.717, 1.165) is 25.8 Å². The summed E-state index contributed by atoms with van der Waals surface area (Å²) in [4.78, 5) is 4.04. The lowest BCUT2D eigenvalue weighted by molar-refractivity contribution is 0.246. The Hall–Kier alpha value is -1.18. The number of anilines is 1. The highest BCUT2D eigenvalue weighted by molar-refractivity contribution is 7.90. The third kappa shape index (κ3) is 3.93. The zero-order chi connectivity index (χ0) is 14.7. The summed E-state index contributed by atoms with van der Waals surface area (Å²) in [5.74, 6) is 0.372. The van der Waals surface area contributed by atoms with E-state index < -0.39 is 10.2 Å². The fourth-order valence-corrected chi connectivity index (χ4v) is 4.14. The molecular formula is C14H22N4O2S. The summed E-state index contributed by atoms with van der Waals surface area (Å²) < 4.78 is 29.3. The first-order chi connectivity index (χ1) is 10.1. The minimum absolute atomic E-state index is 0.0422. The molecule has 21 heavy (non-hydrogen) atoms. The Morgan fingerprint density at radius 3 is 2.81 bits per heavy atom. The maximum atomic E-state index is 12.6. The molecule has 1 aromatic rings. The van der Waals surface area contributed by atoms with Crippen molar-refractivity contribution < 1.29 is 8.42 Å². The molecule has 2 fully saturated rings. The van der Waals surface area contributed by atoms with Crippen molar-refractivity contribution in [3.05, 3.63) is 24.4 Å². The average molecular weight is 310 g/mol. The molecule has 7 heteroatoms. The van der Waals surface area contributed by atoms with Crippen LogP contribution in [0.5, 0.6) is 0 Å². The normalized spacial score (nSPS) is 23.9. The Morgan fingerprint density at radius 1 is 1.24 bits per heavy atom. The Labute approximate surface area is 126 Å². The molecule has 1 saturated carbocycles. The fourth-order valence-electron chi connectivity index (χ4n) is 2.70. The van der Waals surface area contributed by atoms with E-state index >= 15 is 0 Å². The second kappa shape index (κ2) is 6.29. The number of pyridine rings is 1. The van der Waals surface area contributed by atoms with Crippen molar-refractivity contribution >= 4 is 16.0 Å². The molecule has 0 amide bonds. The highest BCUT2D eigenvalue weighted by atomic mass is 32.2. The molecule has 2 heterocycles. The Bertz CT molecular complexity index is 560. The lowest BCUT2D eigenvalue weighted by Crippen LogP contribution is -2.50. The molecule has 2 N–H and O–H groups in total. The second-order valence-corrected chi connectivity index (χ2v) is 7.39. The van der Waals surface area contributed by atoms with Crippen LogP contribution in [-0.4, -0.2) is 42.9 Å². The standard InChI is InChI=1S/C14H22N4O2S/c19-21(20,17-14-6-1-3-9-15-14)18-10-4-2-5-13(18)11-16-12-7-8-12/h1,3,6,9,12-13,16H,2,4-5,7-8,10-11H2,(H,15,17). The van der Waals surface area contributed by atoms with Gasteiger partial charge in [0.1, 0.15) is 5.82 Å². The molecule has 1 aliphatic heterocycles. The molecule has 0 aromatic carbocycles. The second-order valence-electron chi connectivity index (χ2n) is 5.76. The van der Waals surface area contributed by atoms with Gasteiger partial charge in [-0.05, 0) is 37.8 Å². The smallest absolute Gasteiger partial charge is 0.303 e. The van der Waals surface area contributed by atoms with Crippen molar-refractivity contribution in [2.24, 2.45) is 0 Å². The lowest BCUT2D eigenvalue weighted by Gasteiger charge is -2.34. The van der Waals surface area contributed by atoms with Gasteiger partial charge in [-0.2, -0.15) is 12.7 Å². The number of rotatable bonds is 6. The Kier molecular flexibility index (Phi) is 4.42. The van der Waals surface area contributed by atoms with Gasteiger partial charge in [-0.3, -0.25) is 4.72 Å². The van der Waals surface area contributed by atoms with Crippen LogP contribution in [0.25, 0.3) is 0 Å². The largest absolute Gasteiger partial charge is 0.312 e. The summed E-state index contributed by atoms with van der Waals surface area (Å²) in [6, 6.07) is 5.84. The summed E-state index contributed by atoms with van der Waals surface area (Å²) in [7, 11) is -3.53. The van der Waals surface area contributed by atoms with E-state index in [-0.39, 0.29) is 6.04 Å². The molecule has 2 aliphatic rings. The third-order valence-electron chi connectivity index (χ3n) is 4.00. The van der Waals surface area contributed by atoms with Gasteiger partial charge in [0, 0.05) is 31.4 Å². The summed E-state index contributed by atoms with van der Waals surface area (Å²) in [6.07, 6.45) is 6.94. The van der Waals surface area contributed by atoms with Crippen LogP contribution in [0.2, 0.25) is 0 Å². The molecule has 1 unspecified atom stereocenters. The van der Waals surface area contributed by atoms with Gasteiger partial charge >= 0.3 is 10.2 Å². The molecule has 0 spiro atoms. The molecule has 116 valence electrons. The average Bonchev–Trinajstić information content (AvgIpc) is 3.30. The van der Waals surface area contributed by atoms with Crippen molar-refractivity contribution in [1.29, 1.82) is 0 Å². The maximum absolute atomic E-state index is 12.6. The predicted octanol–water partition coefficient (Wildman–Crippen LogP) is 1.34. The molecule has 6 nitrogen and oxygen atoms in total. The van der Waals surface area contributed by atoms with Crippen LogP contribution in [-0.2, 0) is 10.2 Å². The van der Waals surface area contributed by atoms with Crippen LogP contribution in [0.15, 0.2) is 24.4 Å². The van der Waals surface area contributed by atoms with E-state index in [1.54, 1.807) is 28.7 Å². The minimum atomic E-state index is -3.53. The van der Waals surface area contributed by atoms with Crippen LogP contribution in [0, 0.1) is 0 Å². The molecule has 1 aliphatic carbocycles. The molecule has 0 radical (unpaired) electrons. The summed E-state index contributed by atoms with van der Waals surface area (Å²) in [5, 5.41) is 3.44. The predicted molar refractivity (Wildman–Crippen MR) is 82.1 cm³/mol. The van der Waals surface area contributed by atoms with E-state index in [1.165, 1.54) is 12.8 Å². The molecule has 1 atom stereocenters. The van der Waals surface area contributed by atoms with E-state index in [0.29, 0.717) is 18.4 Å². The first-order valence-corrected chi connectivity index (χ1v) is 9.03. The van der Waals surface area contributed by atoms with E-state index in [2.05, 4.69) is 15.0 Å². The number of aromatic nitrogens is 1. The number of nitrogens with one attached hydrogen (secondary N) is 2. The number of hydrogen-bond donors (Lipinski definition) is 2. The van der Waals surface area contributed by atoms with Crippen molar-refractivity contribution in [1.82, 2.24) is 14.6 Å². The lowest BCUT2D eigenvalue weighted by atomic mass is 10.1. The van der Waals surface area contributed by atoms with Gasteiger partial charge in [0.05, 0.1) is 0 Å². The van der Waals surface area contributed by atoms with Gasteiger partial charge in [0.2, 0.25) is 0 Å². The Morgan fingerprint density at radius 2 is 2.10 bits per heavy atom. The van der Waals surface area contributed by atoms with E-state index in [9.17, 15) is 8.42 Å². The third-order valence-corrected chi connectivity index (χ3v) is 5.57. The van der Waals surface area contributed by atoms with Gasteiger partial charge < -0.3 is 5.32 Å². The van der Waals surface area contributed by atoms with Gasteiger partial charge in [0.25, 0.3) is 0 Å². The van der Waals surface area contributed by atoms with Crippen molar-refractivity contribution in [2.45, 2.75) is 44.2 Å². The quantitative estimate of drug-likeness (QED) is 0.831. The molecule has 3 rings (SSSR count). The fraction of sp³-hybridized carbons (Fsp3) is 0.643. The Balaban J connectivity index is 1.68. The highest BCUT2D eigenvalue weighted by Crippen LogP contribution is 2.23. The van der Waals surface area contributed by atoms with Crippen molar-refractivity contribution in [3.63, 3.8) is 0 Å². The van der Waals surface area contributed by atoms with Crippen molar-refractivity contribution in [3.8, 4) is 0 Å². The van der Waals surface area contributed by atoms with Crippen LogP contribution < -0.4 is 10.0 Å². The minimum Gasteiger partial charge on any atom is -0.312 e. The molecule has 1 saturated heterocycles. The summed E-state index contributed by atoms with van der Waals surface area (Å²) >= 11 is 0. The van der Waals surface area contributed by atoms with Gasteiger partial charge in [-0.1, -0.05) is 12.5 Å². The van der Waals surface area contributed by atoms with Gasteiger partial charge in [0.15, 0.2) is 0 Å². The highest BCUT2D eigenvalue weighted by Gasteiger charge is 2.33. The zero-order valence-corrected chi connectivity index (χ0v) is 12.8. The van der Waals surface area contributed by atoms with Gasteiger partial charge in [-0.25, -0.2) is 4.98 Å². The first-order valence-electron chi connectivity index (χ1n) is 7.59. The maximum Gasteiger partial charge on any atom is 0.303 e. The summed E-state index contributed by atoms with van der Waals surface area (Å²) in [6.45, 7) is 1.33. The first kappa shape index (κ1) is 14.7. The topological polar surface area (TPSA) is 74.3 Å². The zero-order valence-electron chi connectivity index (χ0n) is 12.0. The molecule has 1 aromatic heterocycles. The van der Waals surface area contributed by atoms with Gasteiger partial charge in [-0.15, -0.1) is 0 Å². The monoisotopic (exact) mass is 310 g/mol. The van der Waals surface area contributed by atoms with Crippen LogP contribution in [0.4, 0.5) is 5.82 Å². The van der Waals surface area contributed by atoms with Crippen molar-refractivity contribution in [2.75, 3.05) is 17.8 Å². The van der Waals surface area contributed by atoms with Crippen LogP contribution in [0.3, 0.4) is 0 Å². The number of hydrogen-bond acceptors (Lipinski definition) is 4. The number of piperidine rings is 1. The molecular weight excluding hydrogens is 288 g/mol. The van der Waals surface area contributed by atoms with E-state index in [4.69, 9.17) is 0 Å². The SMILES string of the molecule is O=S(=O)(Nc1ccccn1)N1CCCCC1CNC1CC1. The number of nitrogens with zero attached hydrogens (tertiary/aromatic N) is 2. The van der Waals surface area contributed by atoms with E-state index in [1.807, 2.05) is 0 Å². The summed E-state index contributed by atoms with van der Waals surface area (Å²) in [5.41, 5.74) is 0.